The summed E-state index contributed by atoms with van der Waals surface area (Å²) in [6, 6.07) is 0.765. The van der Waals surface area contributed by atoms with Gasteiger partial charge in [0, 0.05) is 18.8 Å². The molecule has 1 heterocycles. The molecule has 0 bridgehead atoms. The van der Waals surface area contributed by atoms with Crippen LogP contribution < -0.4 is 5.32 Å². The molecule has 0 radical (unpaired) electrons. The van der Waals surface area contributed by atoms with Gasteiger partial charge in [-0.15, -0.1) is 0 Å². The Bertz CT molecular complexity index is 362. The first kappa shape index (κ1) is 12.6. The van der Waals surface area contributed by atoms with Gasteiger partial charge >= 0.3 is 0 Å². The fourth-order valence-electron chi connectivity index (χ4n) is 2.89. The van der Waals surface area contributed by atoms with Gasteiger partial charge in [0.2, 0.25) is 0 Å². The second kappa shape index (κ2) is 5.67. The Morgan fingerprint density at radius 3 is 2.53 bits per heavy atom. The summed E-state index contributed by atoms with van der Waals surface area (Å²) in [7, 11) is 2.03. The van der Waals surface area contributed by atoms with E-state index in [9.17, 15) is 0 Å². The van der Waals surface area contributed by atoms with Crippen molar-refractivity contribution in [1.82, 2.24) is 15.1 Å². The van der Waals surface area contributed by atoms with Crippen LogP contribution in [0.5, 0.6) is 0 Å². The predicted octanol–water partition coefficient (Wildman–Crippen LogP) is 2.50. The zero-order valence-corrected chi connectivity index (χ0v) is 11.4. The quantitative estimate of drug-likeness (QED) is 0.869. The molecule has 3 heteroatoms. The summed E-state index contributed by atoms with van der Waals surface area (Å²) in [5.41, 5.74) is 3.93. The number of hydrogen-bond donors (Lipinski definition) is 1. The smallest absolute Gasteiger partial charge is 0.0628 e. The first-order chi connectivity index (χ1) is 8.18. The van der Waals surface area contributed by atoms with Crippen LogP contribution >= 0.6 is 0 Å². The van der Waals surface area contributed by atoms with E-state index in [1.807, 2.05) is 11.7 Å². The summed E-state index contributed by atoms with van der Waals surface area (Å²) >= 11 is 0. The van der Waals surface area contributed by atoms with Gasteiger partial charge in [0.15, 0.2) is 0 Å². The van der Waals surface area contributed by atoms with Gasteiger partial charge in [-0.25, -0.2) is 0 Å². The minimum atomic E-state index is 0.765. The molecule has 0 aromatic carbocycles. The lowest BCUT2D eigenvalue weighted by Gasteiger charge is -2.22. The highest BCUT2D eigenvalue weighted by Gasteiger charge is 2.13. The molecule has 0 unspecified atom stereocenters. The van der Waals surface area contributed by atoms with E-state index in [-0.39, 0.29) is 0 Å². The Hall–Kier alpha value is -0.830. The number of aryl methyl sites for hydroxylation is 2. The molecule has 0 saturated heterocycles. The Morgan fingerprint density at radius 1 is 1.24 bits per heavy atom. The molecule has 3 nitrogen and oxygen atoms in total. The van der Waals surface area contributed by atoms with Gasteiger partial charge in [-0.05, 0) is 45.2 Å². The highest BCUT2D eigenvalue weighted by molar-refractivity contribution is 5.24. The highest BCUT2D eigenvalue weighted by atomic mass is 15.3. The van der Waals surface area contributed by atoms with E-state index in [1.165, 1.54) is 49.1 Å². The van der Waals surface area contributed by atoms with Crippen LogP contribution in [-0.2, 0) is 13.5 Å². The largest absolute Gasteiger partial charge is 0.314 e. The lowest BCUT2D eigenvalue weighted by molar-refractivity contribution is 0.375. The molecule has 0 aliphatic heterocycles. The SMILES string of the molecule is Cc1nn(C)c(C)c1CCNC1CCCCC1. The van der Waals surface area contributed by atoms with Gasteiger partial charge < -0.3 is 5.32 Å². The molecule has 2 rings (SSSR count). The molecule has 1 fully saturated rings. The van der Waals surface area contributed by atoms with Crippen molar-refractivity contribution in [2.24, 2.45) is 7.05 Å². The van der Waals surface area contributed by atoms with Crippen LogP contribution in [0.4, 0.5) is 0 Å². The third-order valence-electron chi connectivity index (χ3n) is 4.07. The summed E-state index contributed by atoms with van der Waals surface area (Å²) < 4.78 is 1.99. The summed E-state index contributed by atoms with van der Waals surface area (Å²) in [6.45, 7) is 5.37. The van der Waals surface area contributed by atoms with Crippen LogP contribution in [0.1, 0.15) is 49.1 Å². The van der Waals surface area contributed by atoms with Gasteiger partial charge in [-0.3, -0.25) is 4.68 Å². The van der Waals surface area contributed by atoms with Crippen LogP contribution in [0.15, 0.2) is 0 Å². The van der Waals surface area contributed by atoms with Crippen molar-refractivity contribution in [3.8, 4) is 0 Å². The van der Waals surface area contributed by atoms with Gasteiger partial charge in [0.25, 0.3) is 0 Å². The van der Waals surface area contributed by atoms with E-state index in [4.69, 9.17) is 0 Å². The number of nitrogens with one attached hydrogen (secondary N) is 1. The monoisotopic (exact) mass is 235 g/mol. The van der Waals surface area contributed by atoms with Crippen LogP contribution in [0.2, 0.25) is 0 Å². The minimum Gasteiger partial charge on any atom is -0.314 e. The lowest BCUT2D eigenvalue weighted by atomic mass is 9.95. The summed E-state index contributed by atoms with van der Waals surface area (Å²) in [5.74, 6) is 0. The Kier molecular flexibility index (Phi) is 4.21. The van der Waals surface area contributed by atoms with Crippen molar-refractivity contribution in [3.63, 3.8) is 0 Å². The fourth-order valence-corrected chi connectivity index (χ4v) is 2.89. The van der Waals surface area contributed by atoms with Crippen molar-refractivity contribution < 1.29 is 0 Å². The van der Waals surface area contributed by atoms with Crippen LogP contribution in [0.25, 0.3) is 0 Å². The third-order valence-corrected chi connectivity index (χ3v) is 4.07. The van der Waals surface area contributed by atoms with Crippen molar-refractivity contribution in [2.45, 2.75) is 58.4 Å². The molecule has 17 heavy (non-hydrogen) atoms. The van der Waals surface area contributed by atoms with Gasteiger partial charge in [0.1, 0.15) is 0 Å². The molecular weight excluding hydrogens is 210 g/mol. The van der Waals surface area contributed by atoms with Crippen LogP contribution in [-0.4, -0.2) is 22.4 Å². The molecule has 1 aliphatic rings. The second-order valence-electron chi connectivity index (χ2n) is 5.31. The number of nitrogens with zero attached hydrogens (tertiary/aromatic N) is 2. The van der Waals surface area contributed by atoms with Crippen molar-refractivity contribution in [1.29, 1.82) is 0 Å². The summed E-state index contributed by atoms with van der Waals surface area (Å²) in [5, 5.41) is 8.16. The second-order valence-corrected chi connectivity index (χ2v) is 5.31. The Morgan fingerprint density at radius 2 is 1.94 bits per heavy atom. The van der Waals surface area contributed by atoms with Crippen molar-refractivity contribution in [3.05, 3.63) is 17.0 Å². The molecule has 0 spiro atoms. The zero-order valence-electron chi connectivity index (χ0n) is 11.4. The van der Waals surface area contributed by atoms with E-state index in [0.717, 1.165) is 19.0 Å². The number of hydrogen-bond acceptors (Lipinski definition) is 2. The highest BCUT2D eigenvalue weighted by Crippen LogP contribution is 2.17. The molecular formula is C14H25N3. The lowest BCUT2D eigenvalue weighted by Crippen LogP contribution is -2.32. The van der Waals surface area contributed by atoms with Crippen molar-refractivity contribution >= 4 is 0 Å². The molecule has 1 saturated carbocycles. The van der Waals surface area contributed by atoms with Crippen LogP contribution in [0.3, 0.4) is 0 Å². The van der Waals surface area contributed by atoms with Crippen LogP contribution in [0, 0.1) is 13.8 Å². The first-order valence-corrected chi connectivity index (χ1v) is 6.91. The van der Waals surface area contributed by atoms with Gasteiger partial charge in [0.05, 0.1) is 5.69 Å². The normalized spacial score (nSPS) is 17.6. The molecule has 1 aliphatic carbocycles. The van der Waals surface area contributed by atoms with E-state index < -0.39 is 0 Å². The predicted molar refractivity (Wildman–Crippen MR) is 71.3 cm³/mol. The zero-order chi connectivity index (χ0) is 12.3. The number of aromatic nitrogens is 2. The maximum absolute atomic E-state index is 4.46. The Balaban J connectivity index is 1.81. The molecule has 0 atom stereocenters. The maximum atomic E-state index is 4.46. The molecule has 0 amide bonds. The van der Waals surface area contributed by atoms with Gasteiger partial charge in [-0.1, -0.05) is 19.3 Å². The first-order valence-electron chi connectivity index (χ1n) is 6.91. The average molecular weight is 235 g/mol. The standard InChI is InChI=1S/C14H25N3/c1-11-14(12(2)17(3)16-11)9-10-15-13-7-5-4-6-8-13/h13,15H,4-10H2,1-3H3. The molecule has 1 N–H and O–H groups in total. The third kappa shape index (κ3) is 3.09. The fraction of sp³-hybridized carbons (Fsp3) is 0.786. The summed E-state index contributed by atoms with van der Waals surface area (Å²) in [4.78, 5) is 0. The van der Waals surface area contributed by atoms with Gasteiger partial charge in [-0.2, -0.15) is 5.10 Å². The Labute approximate surface area is 105 Å². The van der Waals surface area contributed by atoms with E-state index >= 15 is 0 Å². The summed E-state index contributed by atoms with van der Waals surface area (Å²) in [6.07, 6.45) is 8.09. The molecule has 96 valence electrons. The van der Waals surface area contributed by atoms with Crippen molar-refractivity contribution in [2.75, 3.05) is 6.54 Å². The van der Waals surface area contributed by atoms with E-state index in [0.29, 0.717) is 0 Å². The molecule has 1 aromatic rings. The number of rotatable bonds is 4. The minimum absolute atomic E-state index is 0.765. The average Bonchev–Trinajstić information content (AvgIpc) is 2.57. The van der Waals surface area contributed by atoms with E-state index in [2.05, 4.69) is 24.3 Å². The maximum Gasteiger partial charge on any atom is 0.0628 e. The van der Waals surface area contributed by atoms with E-state index in [1.54, 1.807) is 0 Å². The topological polar surface area (TPSA) is 29.9 Å². The molecule has 1 aromatic heterocycles.